The number of imidazole rings is 1. The second-order valence-corrected chi connectivity index (χ2v) is 3.86. The van der Waals surface area contributed by atoms with E-state index < -0.39 is 0 Å². The molecule has 0 aliphatic rings. The van der Waals surface area contributed by atoms with Crippen LogP contribution in [0.3, 0.4) is 0 Å². The van der Waals surface area contributed by atoms with Crippen molar-refractivity contribution in [2.75, 3.05) is 6.61 Å². The second kappa shape index (κ2) is 5.12. The van der Waals surface area contributed by atoms with E-state index in [1.807, 2.05) is 6.20 Å². The number of aliphatic hydroxyl groups excluding tert-OH is 1. The van der Waals surface area contributed by atoms with E-state index in [4.69, 9.17) is 10.8 Å². The largest absolute Gasteiger partial charge is 0.396 e. The average Bonchev–Trinajstić information content (AvgIpc) is 2.52. The van der Waals surface area contributed by atoms with Gasteiger partial charge in [-0.1, -0.05) is 13.8 Å². The first-order valence-corrected chi connectivity index (χ1v) is 5.02. The summed E-state index contributed by atoms with van der Waals surface area (Å²) in [5.74, 6) is 1.46. The Bertz CT molecular complexity index is 270. The molecule has 14 heavy (non-hydrogen) atoms. The molecule has 80 valence electrons. The lowest BCUT2D eigenvalue weighted by atomic mass is 10.2. The van der Waals surface area contributed by atoms with Crippen LogP contribution < -0.4 is 5.73 Å². The van der Waals surface area contributed by atoms with E-state index in [2.05, 4.69) is 23.4 Å². The number of nitrogens with two attached hydrogens (primary N) is 1. The van der Waals surface area contributed by atoms with Gasteiger partial charge in [-0.25, -0.2) is 4.98 Å². The van der Waals surface area contributed by atoms with Crippen molar-refractivity contribution in [2.45, 2.75) is 38.8 Å². The van der Waals surface area contributed by atoms with Crippen LogP contribution in [-0.4, -0.2) is 27.3 Å². The van der Waals surface area contributed by atoms with Crippen LogP contribution in [0.1, 0.15) is 32.0 Å². The van der Waals surface area contributed by atoms with Gasteiger partial charge in [0.2, 0.25) is 0 Å². The third-order valence-corrected chi connectivity index (χ3v) is 2.20. The Morgan fingerprint density at radius 2 is 2.29 bits per heavy atom. The van der Waals surface area contributed by atoms with Gasteiger partial charge in [0.05, 0.1) is 0 Å². The molecule has 1 aromatic heterocycles. The van der Waals surface area contributed by atoms with Crippen LogP contribution in [0.4, 0.5) is 0 Å². The summed E-state index contributed by atoms with van der Waals surface area (Å²) in [5.41, 5.74) is 5.84. The molecule has 0 saturated heterocycles. The number of aromatic nitrogens is 2. The van der Waals surface area contributed by atoms with Crippen molar-refractivity contribution in [3.8, 4) is 0 Å². The van der Waals surface area contributed by atoms with Crippen LogP contribution in [0.2, 0.25) is 0 Å². The minimum Gasteiger partial charge on any atom is -0.396 e. The Kier molecular flexibility index (Phi) is 4.10. The maximum atomic E-state index is 8.74. The lowest BCUT2D eigenvalue weighted by Gasteiger charge is -2.14. The summed E-state index contributed by atoms with van der Waals surface area (Å²) in [4.78, 5) is 4.27. The fourth-order valence-electron chi connectivity index (χ4n) is 1.49. The molecule has 0 radical (unpaired) electrons. The molecular formula is C10H19N3O. The van der Waals surface area contributed by atoms with E-state index in [-0.39, 0.29) is 12.6 Å². The van der Waals surface area contributed by atoms with Crippen molar-refractivity contribution in [3.63, 3.8) is 0 Å². The standard InChI is InChI=1S/C10H19N3O/c1-8(2)10-12-4-5-13(10)7-9(11)3-6-14/h4-5,8-9,14H,3,6-7,11H2,1-2H3. The molecule has 0 aliphatic carbocycles. The molecule has 1 aromatic rings. The topological polar surface area (TPSA) is 64.1 Å². The highest BCUT2D eigenvalue weighted by Gasteiger charge is 2.09. The molecule has 0 spiro atoms. The monoisotopic (exact) mass is 197 g/mol. The highest BCUT2D eigenvalue weighted by Crippen LogP contribution is 2.12. The van der Waals surface area contributed by atoms with E-state index in [0.717, 1.165) is 12.4 Å². The summed E-state index contributed by atoms with van der Waals surface area (Å²) in [5, 5.41) is 8.74. The Morgan fingerprint density at radius 3 is 2.86 bits per heavy atom. The Labute approximate surface area is 84.8 Å². The van der Waals surface area contributed by atoms with Crippen LogP contribution in [0.25, 0.3) is 0 Å². The second-order valence-electron chi connectivity index (χ2n) is 3.86. The summed E-state index contributed by atoms with van der Waals surface area (Å²) in [7, 11) is 0. The predicted octanol–water partition coefficient (Wildman–Crippen LogP) is 0.716. The molecule has 0 saturated carbocycles. The first-order chi connectivity index (χ1) is 6.65. The van der Waals surface area contributed by atoms with Gasteiger partial charge in [-0.05, 0) is 6.42 Å². The Hall–Kier alpha value is -0.870. The lowest BCUT2D eigenvalue weighted by Crippen LogP contribution is -2.28. The third-order valence-electron chi connectivity index (χ3n) is 2.20. The first-order valence-electron chi connectivity index (χ1n) is 5.02. The Balaban J connectivity index is 2.61. The summed E-state index contributed by atoms with van der Waals surface area (Å²) in [6, 6.07) is 0.00620. The molecule has 1 rings (SSSR count). The minimum absolute atomic E-state index is 0.00620. The van der Waals surface area contributed by atoms with Gasteiger partial charge in [0.15, 0.2) is 0 Å². The van der Waals surface area contributed by atoms with Crippen LogP contribution >= 0.6 is 0 Å². The van der Waals surface area contributed by atoms with E-state index in [1.54, 1.807) is 6.20 Å². The van der Waals surface area contributed by atoms with E-state index in [0.29, 0.717) is 12.3 Å². The van der Waals surface area contributed by atoms with Gasteiger partial charge < -0.3 is 15.4 Å². The highest BCUT2D eigenvalue weighted by molar-refractivity contribution is 4.98. The number of hydrogen-bond donors (Lipinski definition) is 2. The first kappa shape index (κ1) is 11.2. The maximum absolute atomic E-state index is 8.74. The highest BCUT2D eigenvalue weighted by atomic mass is 16.3. The molecule has 0 aliphatic heterocycles. The average molecular weight is 197 g/mol. The zero-order valence-corrected chi connectivity index (χ0v) is 8.85. The number of nitrogens with zero attached hydrogens (tertiary/aromatic N) is 2. The van der Waals surface area contributed by atoms with E-state index in [9.17, 15) is 0 Å². The van der Waals surface area contributed by atoms with Crippen LogP contribution in [0, 0.1) is 0 Å². The van der Waals surface area contributed by atoms with Gasteiger partial charge in [-0.3, -0.25) is 0 Å². The molecule has 4 nitrogen and oxygen atoms in total. The molecule has 0 aromatic carbocycles. The molecule has 1 atom stereocenters. The van der Waals surface area contributed by atoms with Crippen molar-refractivity contribution < 1.29 is 5.11 Å². The number of rotatable bonds is 5. The van der Waals surface area contributed by atoms with Crippen molar-refractivity contribution in [3.05, 3.63) is 18.2 Å². The smallest absolute Gasteiger partial charge is 0.111 e. The summed E-state index contributed by atoms with van der Waals surface area (Å²) >= 11 is 0. The van der Waals surface area contributed by atoms with E-state index >= 15 is 0 Å². The SMILES string of the molecule is CC(C)c1nccn1CC(N)CCO. The fraction of sp³-hybridized carbons (Fsp3) is 0.700. The maximum Gasteiger partial charge on any atom is 0.111 e. The lowest BCUT2D eigenvalue weighted by molar-refractivity contribution is 0.269. The van der Waals surface area contributed by atoms with Crippen molar-refractivity contribution in [1.82, 2.24) is 9.55 Å². The third kappa shape index (κ3) is 2.82. The molecule has 0 amide bonds. The molecule has 1 unspecified atom stereocenters. The fourth-order valence-corrected chi connectivity index (χ4v) is 1.49. The zero-order chi connectivity index (χ0) is 10.6. The normalized spacial score (nSPS) is 13.5. The van der Waals surface area contributed by atoms with Crippen molar-refractivity contribution >= 4 is 0 Å². The van der Waals surface area contributed by atoms with Crippen LogP contribution in [0.15, 0.2) is 12.4 Å². The summed E-state index contributed by atoms with van der Waals surface area (Å²) < 4.78 is 2.06. The predicted molar refractivity (Wildman–Crippen MR) is 56.0 cm³/mol. The molecule has 1 heterocycles. The van der Waals surface area contributed by atoms with Crippen LogP contribution in [-0.2, 0) is 6.54 Å². The van der Waals surface area contributed by atoms with E-state index in [1.165, 1.54) is 0 Å². The molecule has 4 heteroatoms. The van der Waals surface area contributed by atoms with Gasteiger partial charge in [0, 0.05) is 37.5 Å². The molecule has 0 fully saturated rings. The number of hydrogen-bond acceptors (Lipinski definition) is 3. The molecule has 0 bridgehead atoms. The van der Waals surface area contributed by atoms with Crippen molar-refractivity contribution in [2.24, 2.45) is 5.73 Å². The summed E-state index contributed by atoms with van der Waals surface area (Å²) in [6.07, 6.45) is 4.36. The quantitative estimate of drug-likeness (QED) is 0.731. The van der Waals surface area contributed by atoms with Gasteiger partial charge in [-0.15, -0.1) is 0 Å². The Morgan fingerprint density at radius 1 is 1.57 bits per heavy atom. The molecular weight excluding hydrogens is 178 g/mol. The minimum atomic E-state index is 0.00620. The van der Waals surface area contributed by atoms with Crippen molar-refractivity contribution in [1.29, 1.82) is 0 Å². The van der Waals surface area contributed by atoms with Gasteiger partial charge in [0.25, 0.3) is 0 Å². The van der Waals surface area contributed by atoms with Gasteiger partial charge in [-0.2, -0.15) is 0 Å². The van der Waals surface area contributed by atoms with Gasteiger partial charge >= 0.3 is 0 Å². The van der Waals surface area contributed by atoms with Crippen LogP contribution in [0.5, 0.6) is 0 Å². The summed E-state index contributed by atoms with van der Waals surface area (Å²) in [6.45, 7) is 5.09. The number of aliphatic hydroxyl groups is 1. The zero-order valence-electron chi connectivity index (χ0n) is 8.85. The van der Waals surface area contributed by atoms with Gasteiger partial charge in [0.1, 0.15) is 5.82 Å². The molecule has 3 N–H and O–H groups in total.